The lowest BCUT2D eigenvalue weighted by atomic mass is 10.0. The molecule has 2 aliphatic heterocycles. The lowest BCUT2D eigenvalue weighted by Gasteiger charge is -2.40. The first kappa shape index (κ1) is 21.8. The van der Waals surface area contributed by atoms with Crippen molar-refractivity contribution in [2.24, 2.45) is 0 Å². The highest BCUT2D eigenvalue weighted by Gasteiger charge is 2.32. The fraction of sp³-hybridized carbons (Fsp3) is 0.435. The Hall–Kier alpha value is -2.42. The second kappa shape index (κ2) is 8.61. The predicted octanol–water partition coefficient (Wildman–Crippen LogP) is 2.28. The number of nitrogens with one attached hydrogen (secondary N) is 1. The zero-order valence-corrected chi connectivity index (χ0v) is 18.8. The highest BCUT2D eigenvalue weighted by atomic mass is 32.2. The largest absolute Gasteiger partial charge is 0.379 e. The molecule has 8 heteroatoms. The van der Waals surface area contributed by atoms with E-state index in [9.17, 15) is 13.2 Å². The number of rotatable bonds is 6. The first-order chi connectivity index (χ1) is 14.8. The van der Waals surface area contributed by atoms with E-state index in [2.05, 4.69) is 24.1 Å². The van der Waals surface area contributed by atoms with Crippen LogP contribution in [-0.4, -0.2) is 64.2 Å². The van der Waals surface area contributed by atoms with Crippen LogP contribution in [0, 0.1) is 0 Å². The molecule has 1 fully saturated rings. The van der Waals surface area contributed by atoms with Crippen molar-refractivity contribution in [3.05, 3.63) is 59.7 Å². The summed E-state index contributed by atoms with van der Waals surface area (Å²) in [6.45, 7) is 8.08. The molecule has 7 nitrogen and oxygen atoms in total. The first-order valence-corrected chi connectivity index (χ1v) is 12.0. The summed E-state index contributed by atoms with van der Waals surface area (Å²) in [5.74, 6) is -0.278. The van der Waals surface area contributed by atoms with Gasteiger partial charge < -0.3 is 10.1 Å². The van der Waals surface area contributed by atoms with Crippen LogP contribution in [0.15, 0.2) is 53.4 Å². The molecular weight excluding hydrogens is 414 g/mol. The molecule has 0 atom stereocenters. The van der Waals surface area contributed by atoms with Crippen molar-refractivity contribution in [1.29, 1.82) is 0 Å². The molecule has 0 bridgehead atoms. The fourth-order valence-electron chi connectivity index (χ4n) is 4.16. The minimum absolute atomic E-state index is 0.129. The number of ether oxygens (including phenoxy) is 1. The van der Waals surface area contributed by atoms with Gasteiger partial charge in [-0.15, -0.1) is 0 Å². The van der Waals surface area contributed by atoms with Crippen LogP contribution < -0.4 is 9.62 Å². The van der Waals surface area contributed by atoms with Gasteiger partial charge in [0.05, 0.1) is 23.8 Å². The molecule has 0 spiro atoms. The summed E-state index contributed by atoms with van der Waals surface area (Å²) in [5, 5.41) is 2.97. The molecule has 2 aromatic rings. The van der Waals surface area contributed by atoms with E-state index in [0.29, 0.717) is 44.0 Å². The summed E-state index contributed by atoms with van der Waals surface area (Å²) in [6.07, 6.45) is 0.687. The van der Waals surface area contributed by atoms with E-state index in [-0.39, 0.29) is 16.3 Å². The number of anilines is 1. The monoisotopic (exact) mass is 443 g/mol. The summed E-state index contributed by atoms with van der Waals surface area (Å²) < 4.78 is 33.4. The molecule has 0 aromatic heterocycles. The van der Waals surface area contributed by atoms with Crippen LogP contribution >= 0.6 is 0 Å². The number of benzene rings is 2. The minimum Gasteiger partial charge on any atom is -0.379 e. The van der Waals surface area contributed by atoms with Gasteiger partial charge in [-0.3, -0.25) is 14.0 Å². The average molecular weight is 444 g/mol. The van der Waals surface area contributed by atoms with Gasteiger partial charge in [-0.05, 0) is 50.1 Å². The first-order valence-electron chi connectivity index (χ1n) is 10.6. The summed E-state index contributed by atoms with van der Waals surface area (Å²) in [6, 6.07) is 13.8. The smallest absolute Gasteiger partial charge is 0.264 e. The number of amides is 1. The number of nitrogens with zero attached hydrogens (tertiary/aromatic N) is 2. The number of sulfonamides is 1. The minimum atomic E-state index is -3.74. The summed E-state index contributed by atoms with van der Waals surface area (Å²) >= 11 is 0. The summed E-state index contributed by atoms with van der Waals surface area (Å²) in [4.78, 5) is 15.2. The van der Waals surface area contributed by atoms with Crippen molar-refractivity contribution >= 4 is 21.6 Å². The van der Waals surface area contributed by atoms with Crippen molar-refractivity contribution in [1.82, 2.24) is 10.2 Å². The molecule has 0 radical (unpaired) electrons. The van der Waals surface area contributed by atoms with Gasteiger partial charge in [-0.25, -0.2) is 8.42 Å². The number of fused-ring (bicyclic) bond motifs is 1. The van der Waals surface area contributed by atoms with Crippen molar-refractivity contribution in [3.63, 3.8) is 0 Å². The Bertz CT molecular complexity index is 1060. The van der Waals surface area contributed by atoms with Gasteiger partial charge in [-0.2, -0.15) is 0 Å². The van der Waals surface area contributed by atoms with Gasteiger partial charge in [0.1, 0.15) is 0 Å². The Morgan fingerprint density at radius 2 is 1.81 bits per heavy atom. The van der Waals surface area contributed by atoms with Crippen LogP contribution in [0.4, 0.5) is 5.69 Å². The van der Waals surface area contributed by atoms with Gasteiger partial charge >= 0.3 is 0 Å². The molecule has 0 saturated carbocycles. The SMILES string of the molecule is CC(C)(CNC(=O)c1cccc(S(=O)(=O)N2CCc3ccccc32)c1)N1CCOCC1. The molecular formula is C23H29N3O4S. The Labute approximate surface area is 184 Å². The maximum absolute atomic E-state index is 13.3. The summed E-state index contributed by atoms with van der Waals surface area (Å²) in [7, 11) is -3.74. The van der Waals surface area contributed by atoms with Crippen molar-refractivity contribution in [2.45, 2.75) is 30.7 Å². The van der Waals surface area contributed by atoms with Crippen LogP contribution in [0.1, 0.15) is 29.8 Å². The predicted molar refractivity (Wildman–Crippen MR) is 120 cm³/mol. The Morgan fingerprint density at radius 3 is 2.58 bits per heavy atom. The lowest BCUT2D eigenvalue weighted by molar-refractivity contribution is -0.00923. The molecule has 31 heavy (non-hydrogen) atoms. The maximum atomic E-state index is 13.3. The molecule has 166 valence electrons. The molecule has 2 heterocycles. The molecule has 0 unspecified atom stereocenters. The van der Waals surface area contributed by atoms with E-state index >= 15 is 0 Å². The molecule has 2 aromatic carbocycles. The van der Waals surface area contributed by atoms with E-state index in [1.165, 1.54) is 10.4 Å². The van der Waals surface area contributed by atoms with Crippen molar-refractivity contribution < 1.29 is 17.9 Å². The van der Waals surface area contributed by atoms with Crippen LogP contribution in [0.3, 0.4) is 0 Å². The molecule has 4 rings (SSSR count). The van der Waals surface area contributed by atoms with E-state index in [0.717, 1.165) is 18.7 Å². The van der Waals surface area contributed by atoms with Gasteiger partial charge in [0, 0.05) is 37.3 Å². The highest BCUT2D eigenvalue weighted by molar-refractivity contribution is 7.92. The molecule has 2 aliphatic rings. The van der Waals surface area contributed by atoms with Crippen molar-refractivity contribution in [3.8, 4) is 0 Å². The fourth-order valence-corrected chi connectivity index (χ4v) is 5.71. The third kappa shape index (κ3) is 4.46. The Kier molecular flexibility index (Phi) is 6.05. The second-order valence-corrected chi connectivity index (χ2v) is 10.4. The zero-order chi connectivity index (χ0) is 22.1. The van der Waals surface area contributed by atoms with Gasteiger partial charge in [0.2, 0.25) is 0 Å². The number of morpholine rings is 1. The van der Waals surface area contributed by atoms with Crippen molar-refractivity contribution in [2.75, 3.05) is 43.7 Å². The third-order valence-electron chi connectivity index (χ3n) is 6.08. The second-order valence-electron chi connectivity index (χ2n) is 8.58. The molecule has 0 aliphatic carbocycles. The number of para-hydroxylation sites is 1. The average Bonchev–Trinajstić information content (AvgIpc) is 3.23. The summed E-state index contributed by atoms with van der Waals surface area (Å²) in [5.41, 5.74) is 1.85. The molecule has 1 amide bonds. The topological polar surface area (TPSA) is 79.0 Å². The van der Waals surface area contributed by atoms with E-state index in [1.807, 2.05) is 24.3 Å². The Balaban J connectivity index is 1.48. The third-order valence-corrected chi connectivity index (χ3v) is 7.89. The van der Waals surface area contributed by atoms with E-state index in [4.69, 9.17) is 4.74 Å². The Morgan fingerprint density at radius 1 is 1.06 bits per heavy atom. The number of hydrogen-bond donors (Lipinski definition) is 1. The lowest BCUT2D eigenvalue weighted by Crippen LogP contribution is -2.55. The van der Waals surface area contributed by atoms with Crippen LogP contribution in [-0.2, 0) is 21.2 Å². The quantitative estimate of drug-likeness (QED) is 0.741. The van der Waals surface area contributed by atoms with E-state index in [1.54, 1.807) is 18.2 Å². The highest BCUT2D eigenvalue weighted by Crippen LogP contribution is 2.32. The van der Waals surface area contributed by atoms with Crippen LogP contribution in [0.2, 0.25) is 0 Å². The standard InChI is InChI=1S/C23H29N3O4S/c1-23(2,25-12-14-30-15-13-25)17-24-22(27)19-7-5-8-20(16-19)31(28,29)26-11-10-18-6-3-4-9-21(18)26/h3-9,16H,10-15,17H2,1-2H3,(H,24,27). The molecule has 1 saturated heterocycles. The maximum Gasteiger partial charge on any atom is 0.264 e. The van der Waals surface area contributed by atoms with Gasteiger partial charge in [-0.1, -0.05) is 24.3 Å². The number of hydrogen-bond acceptors (Lipinski definition) is 5. The number of carbonyl (C=O) groups excluding carboxylic acids is 1. The van der Waals surface area contributed by atoms with E-state index < -0.39 is 10.0 Å². The molecule has 1 N–H and O–H groups in total. The van der Waals surface area contributed by atoms with Crippen LogP contribution in [0.25, 0.3) is 0 Å². The zero-order valence-electron chi connectivity index (χ0n) is 18.0. The number of carbonyl (C=O) groups is 1. The van der Waals surface area contributed by atoms with Crippen LogP contribution in [0.5, 0.6) is 0 Å². The van der Waals surface area contributed by atoms with Gasteiger partial charge in [0.15, 0.2) is 0 Å². The van der Waals surface area contributed by atoms with Gasteiger partial charge in [0.25, 0.3) is 15.9 Å². The normalized spacial score (nSPS) is 17.4.